The molecule has 0 spiro atoms. The average molecular weight is 493 g/mol. The second-order valence-corrected chi connectivity index (χ2v) is 8.88. The summed E-state index contributed by atoms with van der Waals surface area (Å²) >= 11 is 12.2. The van der Waals surface area contributed by atoms with Crippen molar-refractivity contribution >= 4 is 35.0 Å². The standard InChI is InChI=1S/C25H30Cl2N2O4/c1-3-4-11-28-25(31)17(2)29(16-19-5-8-20(26)21(27)14-19)24(30)10-7-18-6-9-22-23(15-18)33-13-12-32-22/h5-6,8-9,14-15,17H,3-4,7,10-13,16H2,1-2H3,(H,28,31). The highest BCUT2D eigenvalue weighted by molar-refractivity contribution is 6.42. The van der Waals surface area contributed by atoms with Gasteiger partial charge in [-0.25, -0.2) is 0 Å². The van der Waals surface area contributed by atoms with Crippen molar-refractivity contribution in [2.24, 2.45) is 0 Å². The third kappa shape index (κ3) is 7.02. The molecule has 0 fully saturated rings. The molecule has 2 amide bonds. The quantitative estimate of drug-likeness (QED) is 0.472. The second-order valence-electron chi connectivity index (χ2n) is 8.07. The molecule has 2 aromatic rings. The number of unbranched alkanes of at least 4 members (excludes halogenated alkanes) is 1. The average Bonchev–Trinajstić information content (AvgIpc) is 2.82. The summed E-state index contributed by atoms with van der Waals surface area (Å²) in [5.41, 5.74) is 1.78. The molecule has 0 saturated carbocycles. The van der Waals surface area contributed by atoms with Crippen molar-refractivity contribution in [1.29, 1.82) is 0 Å². The number of carbonyl (C=O) groups excluding carboxylic acids is 2. The summed E-state index contributed by atoms with van der Waals surface area (Å²) < 4.78 is 11.2. The minimum atomic E-state index is -0.621. The number of benzene rings is 2. The molecule has 1 atom stereocenters. The number of aryl methyl sites for hydroxylation is 1. The molecule has 1 aliphatic rings. The molecule has 0 bridgehead atoms. The number of rotatable bonds is 10. The van der Waals surface area contributed by atoms with Crippen LogP contribution in [0, 0.1) is 0 Å². The van der Waals surface area contributed by atoms with Crippen LogP contribution in [0.4, 0.5) is 0 Å². The molecule has 0 radical (unpaired) electrons. The van der Waals surface area contributed by atoms with E-state index in [2.05, 4.69) is 12.2 Å². The first-order chi connectivity index (χ1) is 15.9. The SMILES string of the molecule is CCCCNC(=O)C(C)N(Cc1ccc(Cl)c(Cl)c1)C(=O)CCc1ccc2c(c1)OCCO2. The van der Waals surface area contributed by atoms with Crippen molar-refractivity contribution in [3.63, 3.8) is 0 Å². The molecular weight excluding hydrogens is 463 g/mol. The van der Waals surface area contributed by atoms with E-state index >= 15 is 0 Å². The third-order valence-corrected chi connectivity index (χ3v) is 6.31. The van der Waals surface area contributed by atoms with E-state index in [0.29, 0.717) is 42.0 Å². The van der Waals surface area contributed by atoms with Gasteiger partial charge >= 0.3 is 0 Å². The Morgan fingerprint density at radius 1 is 1.03 bits per heavy atom. The Bertz CT molecular complexity index is 983. The molecular formula is C25H30Cl2N2O4. The first-order valence-corrected chi connectivity index (χ1v) is 12.0. The first-order valence-electron chi connectivity index (χ1n) is 11.3. The van der Waals surface area contributed by atoms with E-state index < -0.39 is 6.04 Å². The molecule has 0 aliphatic carbocycles. The van der Waals surface area contributed by atoms with Crippen molar-refractivity contribution < 1.29 is 19.1 Å². The van der Waals surface area contributed by atoms with Gasteiger partial charge in [0.25, 0.3) is 0 Å². The lowest BCUT2D eigenvalue weighted by Gasteiger charge is -2.29. The highest BCUT2D eigenvalue weighted by Crippen LogP contribution is 2.31. The van der Waals surface area contributed by atoms with Crippen LogP contribution in [-0.4, -0.2) is 42.5 Å². The number of nitrogens with one attached hydrogen (secondary N) is 1. The number of ether oxygens (including phenoxy) is 2. The van der Waals surface area contributed by atoms with E-state index in [4.69, 9.17) is 32.7 Å². The molecule has 1 N–H and O–H groups in total. The second kappa shape index (κ2) is 12.1. The summed E-state index contributed by atoms with van der Waals surface area (Å²) in [7, 11) is 0. The number of carbonyl (C=O) groups is 2. The predicted octanol–water partition coefficient (Wildman–Crippen LogP) is 5.03. The fourth-order valence-electron chi connectivity index (χ4n) is 3.59. The van der Waals surface area contributed by atoms with Crippen LogP contribution in [0.3, 0.4) is 0 Å². The van der Waals surface area contributed by atoms with E-state index in [1.54, 1.807) is 24.0 Å². The van der Waals surface area contributed by atoms with Crippen LogP contribution in [0.5, 0.6) is 11.5 Å². The van der Waals surface area contributed by atoms with Gasteiger partial charge in [0.1, 0.15) is 19.3 Å². The molecule has 6 nitrogen and oxygen atoms in total. The van der Waals surface area contributed by atoms with Gasteiger partial charge in [-0.1, -0.05) is 48.7 Å². The van der Waals surface area contributed by atoms with Crippen LogP contribution in [0.1, 0.15) is 44.2 Å². The van der Waals surface area contributed by atoms with Gasteiger partial charge in [-0.2, -0.15) is 0 Å². The smallest absolute Gasteiger partial charge is 0.242 e. The summed E-state index contributed by atoms with van der Waals surface area (Å²) in [6.07, 6.45) is 2.66. The van der Waals surface area contributed by atoms with Gasteiger partial charge in [0.05, 0.1) is 10.0 Å². The van der Waals surface area contributed by atoms with Gasteiger partial charge in [0.15, 0.2) is 11.5 Å². The molecule has 1 aliphatic heterocycles. The molecule has 33 heavy (non-hydrogen) atoms. The van der Waals surface area contributed by atoms with Crippen LogP contribution >= 0.6 is 23.2 Å². The Morgan fingerprint density at radius 2 is 1.76 bits per heavy atom. The number of halogens is 2. The molecule has 0 saturated heterocycles. The molecule has 1 heterocycles. The molecule has 3 rings (SSSR count). The van der Waals surface area contributed by atoms with Crippen molar-refractivity contribution in [3.8, 4) is 11.5 Å². The van der Waals surface area contributed by atoms with E-state index in [0.717, 1.165) is 29.7 Å². The largest absolute Gasteiger partial charge is 0.486 e. The van der Waals surface area contributed by atoms with Gasteiger partial charge in [-0.05, 0) is 55.2 Å². The molecule has 2 aromatic carbocycles. The van der Waals surface area contributed by atoms with Crippen molar-refractivity contribution in [2.45, 2.75) is 52.1 Å². The fourth-order valence-corrected chi connectivity index (χ4v) is 3.91. The van der Waals surface area contributed by atoms with Gasteiger partial charge in [-0.3, -0.25) is 9.59 Å². The van der Waals surface area contributed by atoms with E-state index in [-0.39, 0.29) is 24.8 Å². The maximum atomic E-state index is 13.3. The maximum Gasteiger partial charge on any atom is 0.242 e. The summed E-state index contributed by atoms with van der Waals surface area (Å²) in [6, 6.07) is 10.3. The number of nitrogens with zero attached hydrogens (tertiary/aromatic N) is 1. The Morgan fingerprint density at radius 3 is 2.48 bits per heavy atom. The summed E-state index contributed by atoms with van der Waals surface area (Å²) in [5, 5.41) is 3.78. The predicted molar refractivity (Wildman–Crippen MR) is 130 cm³/mol. The Hall–Kier alpha value is -2.44. The third-order valence-electron chi connectivity index (χ3n) is 5.57. The molecule has 0 aromatic heterocycles. The van der Waals surface area contributed by atoms with Crippen LogP contribution in [0.25, 0.3) is 0 Å². The summed E-state index contributed by atoms with van der Waals surface area (Å²) in [6.45, 7) is 5.71. The topological polar surface area (TPSA) is 67.9 Å². The fraction of sp³-hybridized carbons (Fsp3) is 0.440. The van der Waals surface area contributed by atoms with E-state index in [1.165, 1.54) is 0 Å². The molecule has 178 valence electrons. The lowest BCUT2D eigenvalue weighted by molar-refractivity contribution is -0.140. The number of hydrogen-bond donors (Lipinski definition) is 1. The van der Waals surface area contributed by atoms with Crippen LogP contribution in [0.2, 0.25) is 10.0 Å². The Labute approximate surface area is 205 Å². The number of fused-ring (bicyclic) bond motifs is 1. The highest BCUT2D eigenvalue weighted by Gasteiger charge is 2.26. The van der Waals surface area contributed by atoms with Gasteiger partial charge in [0.2, 0.25) is 11.8 Å². The van der Waals surface area contributed by atoms with Crippen LogP contribution in [0.15, 0.2) is 36.4 Å². The van der Waals surface area contributed by atoms with Crippen LogP contribution < -0.4 is 14.8 Å². The zero-order valence-electron chi connectivity index (χ0n) is 19.0. The molecule has 8 heteroatoms. The first kappa shape index (κ1) is 25.2. The van der Waals surface area contributed by atoms with E-state index in [1.807, 2.05) is 24.3 Å². The lowest BCUT2D eigenvalue weighted by atomic mass is 10.1. The zero-order valence-corrected chi connectivity index (χ0v) is 20.5. The van der Waals surface area contributed by atoms with E-state index in [9.17, 15) is 9.59 Å². The summed E-state index contributed by atoms with van der Waals surface area (Å²) in [5.74, 6) is 1.13. The molecule has 1 unspecified atom stereocenters. The monoisotopic (exact) mass is 492 g/mol. The Kier molecular flexibility index (Phi) is 9.27. The normalized spacial score (nSPS) is 13.3. The minimum absolute atomic E-state index is 0.117. The van der Waals surface area contributed by atoms with Crippen LogP contribution in [-0.2, 0) is 22.6 Å². The minimum Gasteiger partial charge on any atom is -0.486 e. The van der Waals surface area contributed by atoms with Gasteiger partial charge in [0, 0.05) is 19.5 Å². The maximum absolute atomic E-state index is 13.3. The van der Waals surface area contributed by atoms with Gasteiger partial charge < -0.3 is 19.7 Å². The number of hydrogen-bond acceptors (Lipinski definition) is 4. The van der Waals surface area contributed by atoms with Crippen molar-refractivity contribution in [1.82, 2.24) is 10.2 Å². The highest BCUT2D eigenvalue weighted by atomic mass is 35.5. The number of amides is 2. The summed E-state index contributed by atoms with van der Waals surface area (Å²) in [4.78, 5) is 27.6. The lowest BCUT2D eigenvalue weighted by Crippen LogP contribution is -2.47. The van der Waals surface area contributed by atoms with Gasteiger partial charge in [-0.15, -0.1) is 0 Å². The van der Waals surface area contributed by atoms with Crippen molar-refractivity contribution in [2.75, 3.05) is 19.8 Å². The van der Waals surface area contributed by atoms with Crippen molar-refractivity contribution in [3.05, 3.63) is 57.6 Å². The Balaban J connectivity index is 1.71. The zero-order chi connectivity index (χ0) is 23.8.